The fourth-order valence-corrected chi connectivity index (χ4v) is 8.67. The van der Waals surface area contributed by atoms with Crippen molar-refractivity contribution >= 4 is 23.4 Å². The highest BCUT2D eigenvalue weighted by Gasteiger charge is 2.49. The molecule has 1 heterocycles. The molecule has 0 fully saturated rings. The fourth-order valence-electron chi connectivity index (χ4n) is 4.43. The van der Waals surface area contributed by atoms with E-state index in [1.54, 1.807) is 0 Å². The Bertz CT molecular complexity index is 1120. The average molecular weight is 403 g/mol. The summed E-state index contributed by atoms with van der Waals surface area (Å²) in [6, 6.07) is 43.9. The second-order valence-corrected chi connectivity index (χ2v) is 11.0. The summed E-state index contributed by atoms with van der Waals surface area (Å²) < 4.78 is 0. The predicted octanol–water partition coefficient (Wildman–Crippen LogP) is 7.01. The molecule has 144 valence electrons. The number of hydrogen-bond acceptors (Lipinski definition) is 0. The van der Waals surface area contributed by atoms with Gasteiger partial charge in [-0.05, 0) is 53.1 Å². The summed E-state index contributed by atoms with van der Waals surface area (Å²) in [7, 11) is -1.84. The van der Waals surface area contributed by atoms with Crippen LogP contribution in [0.3, 0.4) is 0 Å². The summed E-state index contributed by atoms with van der Waals surface area (Å²) in [6.45, 7) is 0. The molecule has 0 bridgehead atoms. The molecule has 0 aliphatic carbocycles. The molecule has 30 heavy (non-hydrogen) atoms. The Hall–Kier alpha value is -3.21. The lowest BCUT2D eigenvalue weighted by Gasteiger charge is -2.33. The van der Waals surface area contributed by atoms with E-state index in [2.05, 4.69) is 139 Å². The SMILES string of the molecule is C1=C[P+](c2ccccc2)(c2ccccc2)C(c2ccccc2)C=C1c1ccccc1. The van der Waals surface area contributed by atoms with Gasteiger partial charge in [-0.2, -0.15) is 0 Å². The van der Waals surface area contributed by atoms with Gasteiger partial charge in [0.1, 0.15) is 23.5 Å². The first-order valence-corrected chi connectivity index (χ1v) is 12.3. The van der Waals surface area contributed by atoms with Crippen LogP contribution in [-0.2, 0) is 0 Å². The minimum Gasteiger partial charge on any atom is -0.0622 e. The number of allylic oxidation sites excluding steroid dienone is 3. The van der Waals surface area contributed by atoms with Crippen LogP contribution in [-0.4, -0.2) is 0 Å². The molecule has 0 radical (unpaired) electrons. The van der Waals surface area contributed by atoms with Crippen molar-refractivity contribution in [2.75, 3.05) is 0 Å². The van der Waals surface area contributed by atoms with Crippen LogP contribution in [0.2, 0.25) is 0 Å². The third-order valence-electron chi connectivity index (χ3n) is 5.88. The molecule has 0 N–H and O–H groups in total. The summed E-state index contributed by atoms with van der Waals surface area (Å²) in [4.78, 5) is 0. The number of benzene rings is 4. The number of hydrogen-bond donors (Lipinski definition) is 0. The molecule has 1 atom stereocenters. The molecule has 5 rings (SSSR count). The zero-order valence-corrected chi connectivity index (χ0v) is 17.7. The van der Waals surface area contributed by atoms with Crippen LogP contribution < -0.4 is 10.6 Å². The summed E-state index contributed by atoms with van der Waals surface area (Å²) >= 11 is 0. The lowest BCUT2D eigenvalue weighted by molar-refractivity contribution is 1.20. The standard InChI is InChI=1S/C29H24P/c1-5-13-24(14-6-1)26-21-22-30(27-17-9-3-10-18-27,28-19-11-4-12-20-28)29(23-26)25-15-7-2-8-16-25/h1-23,29H/q+1. The van der Waals surface area contributed by atoms with Gasteiger partial charge in [0, 0.05) is 0 Å². The predicted molar refractivity (Wildman–Crippen MR) is 132 cm³/mol. The van der Waals surface area contributed by atoms with Crippen molar-refractivity contribution in [2.24, 2.45) is 0 Å². The van der Waals surface area contributed by atoms with E-state index >= 15 is 0 Å². The van der Waals surface area contributed by atoms with Gasteiger partial charge in [-0.1, -0.05) is 97.1 Å². The molecule has 0 nitrogen and oxygen atoms in total. The van der Waals surface area contributed by atoms with Crippen molar-refractivity contribution in [1.29, 1.82) is 0 Å². The first-order valence-electron chi connectivity index (χ1n) is 10.4. The maximum atomic E-state index is 2.53. The zero-order chi connectivity index (χ0) is 20.2. The molecule has 1 heteroatoms. The van der Waals surface area contributed by atoms with E-state index in [0.29, 0.717) is 5.66 Å². The summed E-state index contributed by atoms with van der Waals surface area (Å²) in [5.74, 6) is 2.53. The van der Waals surface area contributed by atoms with E-state index in [0.717, 1.165) is 0 Å². The highest BCUT2D eigenvalue weighted by Crippen LogP contribution is 2.71. The van der Waals surface area contributed by atoms with Gasteiger partial charge in [0.05, 0.1) is 5.82 Å². The van der Waals surface area contributed by atoms with E-state index in [-0.39, 0.29) is 0 Å². The van der Waals surface area contributed by atoms with Crippen molar-refractivity contribution in [2.45, 2.75) is 5.66 Å². The van der Waals surface area contributed by atoms with Gasteiger partial charge in [-0.3, -0.25) is 0 Å². The Morgan fingerprint density at radius 1 is 0.500 bits per heavy atom. The lowest BCUT2D eigenvalue weighted by Crippen LogP contribution is -2.26. The van der Waals surface area contributed by atoms with Crippen molar-refractivity contribution in [3.63, 3.8) is 0 Å². The van der Waals surface area contributed by atoms with Gasteiger partial charge in [-0.15, -0.1) is 0 Å². The van der Waals surface area contributed by atoms with Crippen LogP contribution in [0.25, 0.3) is 5.57 Å². The molecular weight excluding hydrogens is 379 g/mol. The van der Waals surface area contributed by atoms with Crippen molar-refractivity contribution in [1.82, 2.24) is 0 Å². The normalized spacial score (nSPS) is 17.3. The quantitative estimate of drug-likeness (QED) is 0.322. The van der Waals surface area contributed by atoms with Crippen LogP contribution in [0.15, 0.2) is 139 Å². The van der Waals surface area contributed by atoms with Gasteiger partial charge in [0.2, 0.25) is 0 Å². The third kappa shape index (κ3) is 3.34. The largest absolute Gasteiger partial charge is 0.127 e. The van der Waals surface area contributed by atoms with Crippen LogP contribution in [0, 0.1) is 0 Å². The van der Waals surface area contributed by atoms with Crippen molar-refractivity contribution in [3.05, 3.63) is 150 Å². The van der Waals surface area contributed by atoms with Crippen LogP contribution in [0.5, 0.6) is 0 Å². The second-order valence-electron chi connectivity index (χ2n) is 7.61. The van der Waals surface area contributed by atoms with Crippen molar-refractivity contribution in [3.8, 4) is 0 Å². The first kappa shape index (κ1) is 18.8. The van der Waals surface area contributed by atoms with Gasteiger partial charge >= 0.3 is 0 Å². The van der Waals surface area contributed by atoms with E-state index in [1.165, 1.54) is 27.3 Å². The monoisotopic (exact) mass is 403 g/mol. The second kappa shape index (κ2) is 8.27. The molecule has 1 aliphatic rings. The highest BCUT2D eigenvalue weighted by molar-refractivity contribution is 7.92. The Morgan fingerprint density at radius 3 is 1.50 bits per heavy atom. The van der Waals surface area contributed by atoms with Gasteiger partial charge < -0.3 is 0 Å². The average Bonchev–Trinajstić information content (AvgIpc) is 2.86. The van der Waals surface area contributed by atoms with Crippen LogP contribution in [0.1, 0.15) is 16.8 Å². The Labute approximate surface area is 179 Å². The maximum absolute atomic E-state index is 2.53. The van der Waals surface area contributed by atoms with Crippen LogP contribution >= 0.6 is 7.26 Å². The van der Waals surface area contributed by atoms with Gasteiger partial charge in [-0.25, -0.2) is 0 Å². The fraction of sp³-hybridized carbons (Fsp3) is 0.0345. The molecule has 0 saturated carbocycles. The summed E-state index contributed by atoms with van der Waals surface area (Å²) in [5, 5.41) is 2.84. The third-order valence-corrected chi connectivity index (χ3v) is 10.1. The molecule has 0 saturated heterocycles. The van der Waals surface area contributed by atoms with Crippen LogP contribution in [0.4, 0.5) is 0 Å². The zero-order valence-electron chi connectivity index (χ0n) is 16.8. The molecule has 1 aliphatic heterocycles. The van der Waals surface area contributed by atoms with Crippen molar-refractivity contribution < 1.29 is 0 Å². The molecule has 4 aromatic rings. The minimum atomic E-state index is -1.84. The summed E-state index contributed by atoms with van der Waals surface area (Å²) in [6.07, 6.45) is 4.85. The summed E-state index contributed by atoms with van der Waals surface area (Å²) in [5.41, 5.74) is 4.24. The topological polar surface area (TPSA) is 0 Å². The molecule has 1 unspecified atom stereocenters. The minimum absolute atomic E-state index is 0.295. The molecule has 0 aromatic heterocycles. The molecular formula is C29H24P+. The molecule has 0 spiro atoms. The first-order chi connectivity index (χ1) is 14.9. The smallest absolute Gasteiger partial charge is 0.0622 e. The Balaban J connectivity index is 1.77. The van der Waals surface area contributed by atoms with E-state index in [4.69, 9.17) is 0 Å². The Morgan fingerprint density at radius 2 is 0.967 bits per heavy atom. The number of rotatable bonds is 4. The van der Waals surface area contributed by atoms with Gasteiger partial charge in [0.15, 0.2) is 0 Å². The Kier molecular flexibility index (Phi) is 5.18. The lowest BCUT2D eigenvalue weighted by atomic mass is 10.0. The highest BCUT2D eigenvalue weighted by atomic mass is 31.2. The maximum Gasteiger partial charge on any atom is 0.127 e. The molecule has 0 amide bonds. The van der Waals surface area contributed by atoms with E-state index < -0.39 is 7.26 Å². The van der Waals surface area contributed by atoms with E-state index in [1.807, 2.05) is 0 Å². The molecule has 4 aromatic carbocycles. The van der Waals surface area contributed by atoms with Gasteiger partial charge in [0.25, 0.3) is 0 Å². The van der Waals surface area contributed by atoms with E-state index in [9.17, 15) is 0 Å².